The van der Waals surface area contributed by atoms with Crippen LogP contribution in [0.25, 0.3) is 22.6 Å². The number of hydrogen-bond donors (Lipinski definition) is 2. The average Bonchev–Trinajstić information content (AvgIpc) is 2.71. The second-order valence-electron chi connectivity index (χ2n) is 7.57. The van der Waals surface area contributed by atoms with Crippen LogP contribution in [0.1, 0.15) is 40.5 Å². The van der Waals surface area contributed by atoms with E-state index in [0.29, 0.717) is 34.6 Å². The summed E-state index contributed by atoms with van der Waals surface area (Å²) in [6.45, 7) is 1.72. The minimum atomic E-state index is -1.03. The fourth-order valence-corrected chi connectivity index (χ4v) is 3.99. The van der Waals surface area contributed by atoms with Gasteiger partial charge in [0, 0.05) is 5.39 Å². The molecule has 0 bridgehead atoms. The topological polar surface area (TPSA) is 96.7 Å². The zero-order valence-corrected chi connectivity index (χ0v) is 16.5. The molecule has 1 aliphatic carbocycles. The average molecular weight is 403 g/mol. The van der Waals surface area contributed by atoms with Gasteiger partial charge in [0.1, 0.15) is 5.75 Å². The van der Waals surface area contributed by atoms with Crippen molar-refractivity contribution in [1.29, 1.82) is 0 Å². The van der Waals surface area contributed by atoms with Crippen molar-refractivity contribution in [3.63, 3.8) is 0 Å². The molecule has 3 aromatic rings. The SMILES string of the molecule is CC1CC(=Cc2ccc(OCC(=O)O)cc2)c2nc3ccccc3c(C(=O)O)c2C1. The van der Waals surface area contributed by atoms with Crippen LogP contribution in [-0.2, 0) is 11.2 Å². The largest absolute Gasteiger partial charge is 0.482 e. The van der Waals surface area contributed by atoms with E-state index in [-0.39, 0.29) is 6.61 Å². The van der Waals surface area contributed by atoms with Crippen molar-refractivity contribution in [2.75, 3.05) is 6.61 Å². The van der Waals surface area contributed by atoms with Gasteiger partial charge in [-0.3, -0.25) is 0 Å². The monoisotopic (exact) mass is 403 g/mol. The molecule has 0 spiro atoms. The quantitative estimate of drug-likeness (QED) is 0.650. The maximum atomic E-state index is 12.1. The summed E-state index contributed by atoms with van der Waals surface area (Å²) in [5.41, 5.74) is 4.45. The number of nitrogens with zero attached hydrogens (tertiary/aromatic N) is 1. The van der Waals surface area contributed by atoms with Crippen LogP contribution in [-0.4, -0.2) is 33.7 Å². The predicted molar refractivity (Wildman–Crippen MR) is 114 cm³/mol. The van der Waals surface area contributed by atoms with E-state index in [1.165, 1.54) is 0 Å². The van der Waals surface area contributed by atoms with Gasteiger partial charge in [0.15, 0.2) is 6.61 Å². The number of ether oxygens (including phenoxy) is 1. The molecule has 0 radical (unpaired) electrons. The number of allylic oxidation sites excluding steroid dienone is 1. The Morgan fingerprint density at radius 2 is 1.83 bits per heavy atom. The molecule has 0 saturated heterocycles. The summed E-state index contributed by atoms with van der Waals surface area (Å²) in [7, 11) is 0. The van der Waals surface area contributed by atoms with Gasteiger partial charge in [-0.2, -0.15) is 0 Å². The highest BCUT2D eigenvalue weighted by Gasteiger charge is 2.27. The fourth-order valence-electron chi connectivity index (χ4n) is 3.99. The van der Waals surface area contributed by atoms with Gasteiger partial charge in [-0.05, 0) is 59.7 Å². The predicted octanol–water partition coefficient (Wildman–Crippen LogP) is 4.52. The first kappa shape index (κ1) is 19.6. The van der Waals surface area contributed by atoms with Gasteiger partial charge in [-0.25, -0.2) is 14.6 Å². The lowest BCUT2D eigenvalue weighted by atomic mass is 9.80. The molecule has 30 heavy (non-hydrogen) atoms. The first-order valence-corrected chi connectivity index (χ1v) is 9.73. The third-order valence-corrected chi connectivity index (χ3v) is 5.22. The third kappa shape index (κ3) is 3.89. The summed E-state index contributed by atoms with van der Waals surface area (Å²) >= 11 is 0. The number of para-hydroxylation sites is 1. The standard InChI is InChI=1S/C24H21NO5/c1-14-10-16(12-15-6-8-17(9-7-15)30-13-21(26)27)23-19(11-14)22(24(28)29)18-4-2-3-5-20(18)25-23/h2-9,12,14H,10-11,13H2,1H3,(H,26,27)(H,28,29). The summed E-state index contributed by atoms with van der Waals surface area (Å²) in [6.07, 6.45) is 3.49. The molecule has 1 aliphatic rings. The number of pyridine rings is 1. The summed E-state index contributed by atoms with van der Waals surface area (Å²) in [6, 6.07) is 14.5. The second-order valence-corrected chi connectivity index (χ2v) is 7.57. The number of benzene rings is 2. The van der Waals surface area contributed by atoms with Crippen molar-refractivity contribution in [2.45, 2.75) is 19.8 Å². The number of aromatic nitrogens is 1. The normalized spacial score (nSPS) is 17.0. The van der Waals surface area contributed by atoms with Crippen molar-refractivity contribution >= 4 is 34.5 Å². The van der Waals surface area contributed by atoms with Gasteiger partial charge in [-0.15, -0.1) is 0 Å². The Balaban J connectivity index is 1.78. The summed E-state index contributed by atoms with van der Waals surface area (Å²) in [5, 5.41) is 19.3. The molecule has 2 aromatic carbocycles. The molecule has 1 heterocycles. The lowest BCUT2D eigenvalue weighted by Crippen LogP contribution is -2.17. The van der Waals surface area contributed by atoms with Crippen molar-refractivity contribution in [3.05, 3.63) is 70.9 Å². The van der Waals surface area contributed by atoms with E-state index in [1.54, 1.807) is 12.1 Å². The van der Waals surface area contributed by atoms with Gasteiger partial charge in [-0.1, -0.05) is 37.3 Å². The molecule has 2 N–H and O–H groups in total. The molecule has 1 unspecified atom stereocenters. The molecule has 6 heteroatoms. The maximum absolute atomic E-state index is 12.1. The van der Waals surface area contributed by atoms with Crippen LogP contribution in [0.2, 0.25) is 0 Å². The molecular formula is C24H21NO5. The lowest BCUT2D eigenvalue weighted by Gasteiger charge is -2.26. The van der Waals surface area contributed by atoms with E-state index in [0.717, 1.165) is 28.8 Å². The zero-order chi connectivity index (χ0) is 21.3. The van der Waals surface area contributed by atoms with Crippen LogP contribution in [0, 0.1) is 5.92 Å². The smallest absolute Gasteiger partial charge is 0.341 e. The van der Waals surface area contributed by atoms with Crippen molar-refractivity contribution in [3.8, 4) is 5.75 Å². The van der Waals surface area contributed by atoms with Crippen LogP contribution < -0.4 is 4.74 Å². The minimum absolute atomic E-state index is 0.294. The Morgan fingerprint density at radius 3 is 2.53 bits per heavy atom. The highest BCUT2D eigenvalue weighted by molar-refractivity contribution is 6.05. The van der Waals surface area contributed by atoms with Gasteiger partial charge in [0.05, 0.1) is 16.8 Å². The molecule has 0 fully saturated rings. The molecule has 0 saturated carbocycles. The summed E-state index contributed by atoms with van der Waals surface area (Å²) in [4.78, 5) is 27.6. The van der Waals surface area contributed by atoms with Crippen molar-refractivity contribution < 1.29 is 24.5 Å². The summed E-state index contributed by atoms with van der Waals surface area (Å²) < 4.78 is 5.18. The number of fused-ring (bicyclic) bond motifs is 2. The van der Waals surface area contributed by atoms with E-state index >= 15 is 0 Å². The minimum Gasteiger partial charge on any atom is -0.482 e. The Morgan fingerprint density at radius 1 is 1.10 bits per heavy atom. The molecule has 0 amide bonds. The van der Waals surface area contributed by atoms with Crippen molar-refractivity contribution in [1.82, 2.24) is 4.98 Å². The molecule has 1 aromatic heterocycles. The number of aliphatic carboxylic acids is 1. The number of rotatable bonds is 5. The molecule has 1 atom stereocenters. The first-order chi connectivity index (χ1) is 14.4. The van der Waals surface area contributed by atoms with Gasteiger partial charge < -0.3 is 14.9 Å². The Kier molecular flexibility index (Phi) is 5.23. The van der Waals surface area contributed by atoms with Crippen molar-refractivity contribution in [2.24, 2.45) is 5.92 Å². The first-order valence-electron chi connectivity index (χ1n) is 9.73. The zero-order valence-electron chi connectivity index (χ0n) is 16.5. The number of carboxylic acids is 2. The van der Waals surface area contributed by atoms with Gasteiger partial charge in [0.2, 0.25) is 0 Å². The van der Waals surface area contributed by atoms with Crippen LogP contribution in [0.4, 0.5) is 0 Å². The Labute approximate surface area is 173 Å². The molecule has 152 valence electrons. The number of aromatic carboxylic acids is 1. The highest BCUT2D eigenvalue weighted by Crippen LogP contribution is 2.38. The Bertz CT molecular complexity index is 1160. The maximum Gasteiger partial charge on any atom is 0.341 e. The highest BCUT2D eigenvalue weighted by atomic mass is 16.5. The molecule has 0 aliphatic heterocycles. The van der Waals surface area contributed by atoms with Crippen LogP contribution in [0.3, 0.4) is 0 Å². The molecule has 6 nitrogen and oxygen atoms in total. The van der Waals surface area contributed by atoms with E-state index in [2.05, 4.69) is 6.92 Å². The van der Waals surface area contributed by atoms with E-state index in [9.17, 15) is 14.7 Å². The lowest BCUT2D eigenvalue weighted by molar-refractivity contribution is -0.139. The van der Waals surface area contributed by atoms with Crippen LogP contribution in [0.5, 0.6) is 5.75 Å². The van der Waals surface area contributed by atoms with Gasteiger partial charge in [0.25, 0.3) is 0 Å². The molecular weight excluding hydrogens is 382 g/mol. The fraction of sp³-hybridized carbons (Fsp3) is 0.208. The second kappa shape index (κ2) is 7.99. The third-order valence-electron chi connectivity index (χ3n) is 5.22. The van der Waals surface area contributed by atoms with Gasteiger partial charge >= 0.3 is 11.9 Å². The number of carboxylic acid groups (broad SMARTS) is 2. The molecule has 4 rings (SSSR count). The Hall–Kier alpha value is -3.67. The number of hydrogen-bond acceptors (Lipinski definition) is 4. The summed E-state index contributed by atoms with van der Waals surface area (Å²) in [5.74, 6) is -1.18. The van der Waals surface area contributed by atoms with E-state index in [1.807, 2.05) is 42.5 Å². The number of carbonyl (C=O) groups is 2. The van der Waals surface area contributed by atoms with E-state index in [4.69, 9.17) is 14.8 Å². The van der Waals surface area contributed by atoms with Crippen LogP contribution in [0.15, 0.2) is 48.5 Å². The van der Waals surface area contributed by atoms with Crippen LogP contribution >= 0.6 is 0 Å². The van der Waals surface area contributed by atoms with E-state index < -0.39 is 11.9 Å².